The third kappa shape index (κ3) is 7.57. The molecule has 0 heterocycles. The van der Waals surface area contributed by atoms with Crippen LogP contribution in [-0.2, 0) is 9.53 Å². The van der Waals surface area contributed by atoms with Crippen molar-refractivity contribution in [3.63, 3.8) is 0 Å². The van der Waals surface area contributed by atoms with Crippen LogP contribution in [0.5, 0.6) is 0 Å². The molecular formula is C11H22N2O4. The number of urea groups is 1. The first kappa shape index (κ1) is 15.7. The standard InChI is InChI=1S/C11H22N2O4/c1-4-13(8-9(2)17-3)11(16)12-7-5-6-10(14)15/h9H,4-8H2,1-3H3,(H,12,16)(H,14,15). The summed E-state index contributed by atoms with van der Waals surface area (Å²) in [7, 11) is 1.60. The van der Waals surface area contributed by atoms with Crippen LogP contribution in [0.4, 0.5) is 4.79 Å². The fourth-order valence-corrected chi connectivity index (χ4v) is 1.29. The Bertz CT molecular complexity index is 246. The number of ether oxygens (including phenoxy) is 1. The van der Waals surface area contributed by atoms with Crippen molar-refractivity contribution in [3.8, 4) is 0 Å². The number of aliphatic carboxylic acids is 1. The number of hydrogen-bond donors (Lipinski definition) is 2. The van der Waals surface area contributed by atoms with Gasteiger partial charge in [-0.3, -0.25) is 4.79 Å². The summed E-state index contributed by atoms with van der Waals surface area (Å²) in [4.78, 5) is 23.6. The average molecular weight is 246 g/mol. The maximum atomic E-state index is 11.7. The van der Waals surface area contributed by atoms with E-state index in [4.69, 9.17) is 9.84 Å². The minimum atomic E-state index is -0.848. The Morgan fingerprint density at radius 1 is 1.47 bits per heavy atom. The third-order valence-electron chi connectivity index (χ3n) is 2.39. The van der Waals surface area contributed by atoms with Gasteiger partial charge in [0.25, 0.3) is 0 Å². The lowest BCUT2D eigenvalue weighted by Crippen LogP contribution is -2.43. The number of amides is 2. The van der Waals surface area contributed by atoms with Gasteiger partial charge in [0, 0.05) is 33.2 Å². The van der Waals surface area contributed by atoms with Crippen LogP contribution in [0.2, 0.25) is 0 Å². The quantitative estimate of drug-likeness (QED) is 0.624. The summed E-state index contributed by atoms with van der Waals surface area (Å²) in [5.74, 6) is -0.848. The van der Waals surface area contributed by atoms with E-state index < -0.39 is 5.97 Å². The largest absolute Gasteiger partial charge is 0.481 e. The van der Waals surface area contributed by atoms with Crippen LogP contribution in [0, 0.1) is 0 Å². The van der Waals surface area contributed by atoms with Gasteiger partial charge < -0.3 is 20.1 Å². The maximum Gasteiger partial charge on any atom is 0.317 e. The van der Waals surface area contributed by atoms with E-state index in [9.17, 15) is 9.59 Å². The van der Waals surface area contributed by atoms with Gasteiger partial charge in [-0.2, -0.15) is 0 Å². The van der Waals surface area contributed by atoms with E-state index in [-0.39, 0.29) is 18.6 Å². The molecule has 0 spiro atoms. The van der Waals surface area contributed by atoms with Crippen LogP contribution in [0.1, 0.15) is 26.7 Å². The van der Waals surface area contributed by atoms with Crippen molar-refractivity contribution in [2.75, 3.05) is 26.7 Å². The molecule has 1 atom stereocenters. The van der Waals surface area contributed by atoms with Gasteiger partial charge in [-0.25, -0.2) is 4.79 Å². The monoisotopic (exact) mass is 246 g/mol. The molecule has 0 aromatic carbocycles. The molecule has 100 valence electrons. The second-order valence-electron chi connectivity index (χ2n) is 3.81. The number of rotatable bonds is 8. The first-order valence-corrected chi connectivity index (χ1v) is 5.78. The zero-order chi connectivity index (χ0) is 13.3. The van der Waals surface area contributed by atoms with E-state index in [1.807, 2.05) is 13.8 Å². The lowest BCUT2D eigenvalue weighted by Gasteiger charge is -2.24. The summed E-state index contributed by atoms with van der Waals surface area (Å²) in [6, 6.07) is -0.179. The van der Waals surface area contributed by atoms with Crippen molar-refractivity contribution in [1.29, 1.82) is 0 Å². The first-order valence-electron chi connectivity index (χ1n) is 5.78. The Balaban J connectivity index is 3.87. The molecule has 0 saturated carbocycles. The SMILES string of the molecule is CCN(CC(C)OC)C(=O)NCCCC(=O)O. The van der Waals surface area contributed by atoms with E-state index in [2.05, 4.69) is 5.32 Å². The van der Waals surface area contributed by atoms with E-state index in [0.29, 0.717) is 26.1 Å². The van der Waals surface area contributed by atoms with Gasteiger partial charge >= 0.3 is 12.0 Å². The van der Waals surface area contributed by atoms with Crippen molar-refractivity contribution in [3.05, 3.63) is 0 Å². The molecule has 0 bridgehead atoms. The minimum absolute atomic E-state index is 0.0141. The summed E-state index contributed by atoms with van der Waals surface area (Å²) in [5, 5.41) is 11.1. The van der Waals surface area contributed by atoms with Crippen LogP contribution < -0.4 is 5.32 Å². The molecule has 0 aliphatic rings. The normalized spacial score (nSPS) is 11.9. The Hall–Kier alpha value is -1.30. The van der Waals surface area contributed by atoms with E-state index in [0.717, 1.165) is 0 Å². The molecule has 0 saturated heterocycles. The number of nitrogens with zero attached hydrogens (tertiary/aromatic N) is 1. The number of methoxy groups -OCH3 is 1. The summed E-state index contributed by atoms with van der Waals surface area (Å²) in [5.41, 5.74) is 0. The predicted molar refractivity (Wildman–Crippen MR) is 64.0 cm³/mol. The van der Waals surface area contributed by atoms with E-state index in [1.54, 1.807) is 12.0 Å². The van der Waals surface area contributed by atoms with E-state index in [1.165, 1.54) is 0 Å². The second-order valence-corrected chi connectivity index (χ2v) is 3.81. The van der Waals surface area contributed by atoms with Gasteiger partial charge in [0.1, 0.15) is 0 Å². The Kier molecular flexibility index (Phi) is 8.13. The lowest BCUT2D eigenvalue weighted by atomic mass is 10.3. The molecule has 6 nitrogen and oxygen atoms in total. The minimum Gasteiger partial charge on any atom is -0.481 e. The third-order valence-corrected chi connectivity index (χ3v) is 2.39. The van der Waals surface area contributed by atoms with Crippen LogP contribution in [0.3, 0.4) is 0 Å². The molecule has 1 unspecified atom stereocenters. The molecule has 0 aliphatic carbocycles. The molecule has 2 amide bonds. The number of carbonyl (C=O) groups is 2. The molecule has 0 aromatic heterocycles. The highest BCUT2D eigenvalue weighted by Gasteiger charge is 2.13. The highest BCUT2D eigenvalue weighted by molar-refractivity contribution is 5.74. The molecule has 0 radical (unpaired) electrons. The molecule has 17 heavy (non-hydrogen) atoms. The van der Waals surface area contributed by atoms with Crippen LogP contribution in [0.15, 0.2) is 0 Å². The Labute approximate surface area is 102 Å². The summed E-state index contributed by atoms with van der Waals surface area (Å²) in [6.07, 6.45) is 0.499. The average Bonchev–Trinajstić information content (AvgIpc) is 2.30. The molecular weight excluding hydrogens is 224 g/mol. The highest BCUT2D eigenvalue weighted by atomic mass is 16.5. The van der Waals surface area contributed by atoms with Gasteiger partial charge in [0.2, 0.25) is 0 Å². The Morgan fingerprint density at radius 3 is 2.59 bits per heavy atom. The summed E-state index contributed by atoms with van der Waals surface area (Å²) >= 11 is 0. The second kappa shape index (κ2) is 8.81. The highest BCUT2D eigenvalue weighted by Crippen LogP contribution is 1.96. The molecule has 0 aliphatic heterocycles. The fraction of sp³-hybridized carbons (Fsp3) is 0.818. The van der Waals surface area contributed by atoms with E-state index >= 15 is 0 Å². The number of carboxylic acids is 1. The Morgan fingerprint density at radius 2 is 2.12 bits per heavy atom. The van der Waals surface area contributed by atoms with Crippen molar-refractivity contribution >= 4 is 12.0 Å². The number of hydrogen-bond acceptors (Lipinski definition) is 3. The number of carbonyl (C=O) groups excluding carboxylic acids is 1. The molecule has 0 fully saturated rings. The fourth-order valence-electron chi connectivity index (χ4n) is 1.29. The number of carboxylic acid groups (broad SMARTS) is 1. The van der Waals surface area contributed by atoms with Gasteiger partial charge in [-0.15, -0.1) is 0 Å². The van der Waals surface area contributed by atoms with Gasteiger partial charge in [-0.05, 0) is 20.3 Å². The molecule has 0 rings (SSSR count). The molecule has 6 heteroatoms. The zero-order valence-electron chi connectivity index (χ0n) is 10.7. The van der Waals surface area contributed by atoms with Crippen molar-refractivity contribution in [2.24, 2.45) is 0 Å². The predicted octanol–water partition coefficient (Wildman–Crippen LogP) is 0.918. The summed E-state index contributed by atoms with van der Waals surface area (Å²) in [6.45, 7) is 5.28. The zero-order valence-corrected chi connectivity index (χ0v) is 10.7. The molecule has 2 N–H and O–H groups in total. The first-order chi connectivity index (χ1) is 8.01. The van der Waals surface area contributed by atoms with Crippen molar-refractivity contribution in [2.45, 2.75) is 32.8 Å². The molecule has 0 aromatic rings. The van der Waals surface area contributed by atoms with Crippen LogP contribution in [-0.4, -0.2) is 54.9 Å². The topological polar surface area (TPSA) is 78.9 Å². The maximum absolute atomic E-state index is 11.7. The van der Waals surface area contributed by atoms with Gasteiger partial charge in [-0.1, -0.05) is 0 Å². The van der Waals surface area contributed by atoms with Gasteiger partial charge in [0.15, 0.2) is 0 Å². The lowest BCUT2D eigenvalue weighted by molar-refractivity contribution is -0.137. The summed E-state index contributed by atoms with van der Waals surface area (Å²) < 4.78 is 5.09. The van der Waals surface area contributed by atoms with Crippen molar-refractivity contribution < 1.29 is 19.4 Å². The van der Waals surface area contributed by atoms with Crippen LogP contribution in [0.25, 0.3) is 0 Å². The number of nitrogens with one attached hydrogen (secondary N) is 1. The van der Waals surface area contributed by atoms with Crippen molar-refractivity contribution in [1.82, 2.24) is 10.2 Å². The number of likely N-dealkylation sites (N-methyl/N-ethyl adjacent to an activating group) is 1. The van der Waals surface area contributed by atoms with Gasteiger partial charge in [0.05, 0.1) is 6.10 Å². The smallest absolute Gasteiger partial charge is 0.317 e. The van der Waals surface area contributed by atoms with Crippen LogP contribution >= 0.6 is 0 Å².